The fourth-order valence-electron chi connectivity index (χ4n) is 2.84. The van der Waals surface area contributed by atoms with Crippen LogP contribution in [0.4, 0.5) is 0 Å². The molecule has 0 radical (unpaired) electrons. The van der Waals surface area contributed by atoms with E-state index in [0.717, 1.165) is 21.5 Å². The molecule has 0 saturated heterocycles. The maximum absolute atomic E-state index is 12.3. The van der Waals surface area contributed by atoms with Gasteiger partial charge < -0.3 is 4.74 Å². The van der Waals surface area contributed by atoms with Crippen LogP contribution in [0.15, 0.2) is 18.2 Å². The van der Waals surface area contributed by atoms with Crippen LogP contribution in [0.5, 0.6) is 5.75 Å². The van der Waals surface area contributed by atoms with Crippen molar-refractivity contribution in [2.45, 2.75) is 44.9 Å². The molecule has 19 heavy (non-hydrogen) atoms. The molecule has 1 saturated carbocycles. The Bertz CT molecular complexity index is 436. The van der Waals surface area contributed by atoms with Crippen LogP contribution in [-0.2, 0) is 0 Å². The lowest BCUT2D eigenvalue weighted by atomic mass is 9.85. The van der Waals surface area contributed by atoms with E-state index in [-0.39, 0.29) is 5.78 Å². The lowest BCUT2D eigenvalue weighted by Crippen LogP contribution is -2.10. The average Bonchev–Trinajstić information content (AvgIpc) is 2.46. The van der Waals surface area contributed by atoms with Crippen LogP contribution in [0.25, 0.3) is 0 Å². The molecule has 0 spiro atoms. The van der Waals surface area contributed by atoms with E-state index >= 15 is 0 Å². The molecule has 0 atom stereocenters. The van der Waals surface area contributed by atoms with Crippen molar-refractivity contribution in [1.29, 1.82) is 0 Å². The molecular formula is C16H21IO2. The Morgan fingerprint density at radius 1 is 1.32 bits per heavy atom. The molecule has 0 amide bonds. The number of hydrogen-bond donors (Lipinski definition) is 0. The predicted molar refractivity (Wildman–Crippen MR) is 85.9 cm³/mol. The van der Waals surface area contributed by atoms with E-state index in [1.165, 1.54) is 32.1 Å². The van der Waals surface area contributed by atoms with Gasteiger partial charge in [-0.25, -0.2) is 0 Å². The third-order valence-corrected chi connectivity index (χ3v) is 4.64. The van der Waals surface area contributed by atoms with Crippen LogP contribution >= 0.6 is 22.6 Å². The Hall–Kier alpha value is -0.580. The second-order valence-corrected chi connectivity index (χ2v) is 6.56. The second kappa shape index (κ2) is 7.27. The van der Waals surface area contributed by atoms with Crippen LogP contribution in [0.2, 0.25) is 0 Å². The van der Waals surface area contributed by atoms with E-state index in [4.69, 9.17) is 4.74 Å². The number of Topliss-reactive ketones (excluding diaryl/α,β-unsaturated/α-hetero) is 1. The Balaban J connectivity index is 1.97. The summed E-state index contributed by atoms with van der Waals surface area (Å²) in [5.74, 6) is 1.68. The second-order valence-electron chi connectivity index (χ2n) is 5.31. The third kappa shape index (κ3) is 4.20. The fraction of sp³-hybridized carbons (Fsp3) is 0.562. The molecular weight excluding hydrogens is 351 g/mol. The Labute approximate surface area is 129 Å². The monoisotopic (exact) mass is 372 g/mol. The van der Waals surface area contributed by atoms with Crippen molar-refractivity contribution < 1.29 is 9.53 Å². The SMILES string of the molecule is COc1ccc(I)cc1C(=O)CCC1CCCCC1. The van der Waals surface area contributed by atoms with E-state index in [1.54, 1.807) is 7.11 Å². The molecule has 0 aromatic heterocycles. The first-order chi connectivity index (χ1) is 9.20. The van der Waals surface area contributed by atoms with Crippen LogP contribution < -0.4 is 4.74 Å². The van der Waals surface area contributed by atoms with Crippen molar-refractivity contribution in [3.05, 3.63) is 27.3 Å². The largest absolute Gasteiger partial charge is 0.496 e. The number of carbonyl (C=O) groups is 1. The van der Waals surface area contributed by atoms with Gasteiger partial charge in [0.2, 0.25) is 0 Å². The quantitative estimate of drug-likeness (QED) is 0.546. The van der Waals surface area contributed by atoms with Crippen molar-refractivity contribution in [1.82, 2.24) is 0 Å². The predicted octanol–water partition coefficient (Wildman–Crippen LogP) is 4.84. The molecule has 3 heteroatoms. The Morgan fingerprint density at radius 3 is 2.74 bits per heavy atom. The molecule has 2 nitrogen and oxygen atoms in total. The standard InChI is InChI=1S/C16H21IO2/c1-19-16-10-8-13(17)11-14(16)15(18)9-7-12-5-3-2-4-6-12/h8,10-12H,2-7,9H2,1H3. The first-order valence-electron chi connectivity index (χ1n) is 7.07. The highest BCUT2D eigenvalue weighted by Gasteiger charge is 2.17. The maximum Gasteiger partial charge on any atom is 0.166 e. The highest BCUT2D eigenvalue weighted by atomic mass is 127. The molecule has 0 bridgehead atoms. The van der Waals surface area contributed by atoms with Gasteiger partial charge in [0.1, 0.15) is 5.75 Å². The van der Waals surface area contributed by atoms with Gasteiger partial charge in [-0.3, -0.25) is 4.79 Å². The molecule has 1 aromatic rings. The Morgan fingerprint density at radius 2 is 2.05 bits per heavy atom. The number of methoxy groups -OCH3 is 1. The number of benzene rings is 1. The van der Waals surface area contributed by atoms with Gasteiger partial charge in [0.05, 0.1) is 12.7 Å². The van der Waals surface area contributed by atoms with Crippen molar-refractivity contribution in [3.63, 3.8) is 0 Å². The maximum atomic E-state index is 12.3. The van der Waals surface area contributed by atoms with Gasteiger partial charge in [0.15, 0.2) is 5.78 Å². The minimum atomic E-state index is 0.223. The zero-order valence-corrected chi connectivity index (χ0v) is 13.6. The zero-order chi connectivity index (χ0) is 13.7. The van der Waals surface area contributed by atoms with Gasteiger partial charge in [-0.15, -0.1) is 0 Å². The first-order valence-corrected chi connectivity index (χ1v) is 8.15. The number of carbonyl (C=O) groups excluding carboxylic acids is 1. The first kappa shape index (κ1) is 14.8. The van der Waals surface area contributed by atoms with Crippen LogP contribution in [-0.4, -0.2) is 12.9 Å². The van der Waals surface area contributed by atoms with Crippen molar-refractivity contribution in [3.8, 4) is 5.75 Å². The van der Waals surface area contributed by atoms with E-state index < -0.39 is 0 Å². The third-order valence-electron chi connectivity index (χ3n) is 3.97. The van der Waals surface area contributed by atoms with Crippen molar-refractivity contribution in [2.24, 2.45) is 5.92 Å². The average molecular weight is 372 g/mol. The van der Waals surface area contributed by atoms with Gasteiger partial charge in [-0.2, -0.15) is 0 Å². The molecule has 0 aliphatic heterocycles. The lowest BCUT2D eigenvalue weighted by molar-refractivity contribution is 0.0967. The highest BCUT2D eigenvalue weighted by molar-refractivity contribution is 14.1. The van der Waals surface area contributed by atoms with E-state index in [1.807, 2.05) is 18.2 Å². The summed E-state index contributed by atoms with van der Waals surface area (Å²) in [7, 11) is 1.63. The van der Waals surface area contributed by atoms with E-state index in [2.05, 4.69) is 22.6 Å². The van der Waals surface area contributed by atoms with Crippen LogP contribution in [0, 0.1) is 9.49 Å². The number of halogens is 1. The minimum Gasteiger partial charge on any atom is -0.496 e. The molecule has 1 aromatic carbocycles. The molecule has 1 aliphatic rings. The summed E-state index contributed by atoms with van der Waals surface area (Å²) in [6.45, 7) is 0. The summed E-state index contributed by atoms with van der Waals surface area (Å²) >= 11 is 2.24. The van der Waals surface area contributed by atoms with Crippen LogP contribution in [0.3, 0.4) is 0 Å². The zero-order valence-electron chi connectivity index (χ0n) is 11.5. The molecule has 2 rings (SSSR count). The lowest BCUT2D eigenvalue weighted by Gasteiger charge is -2.21. The van der Waals surface area contributed by atoms with Gasteiger partial charge >= 0.3 is 0 Å². The molecule has 1 aliphatic carbocycles. The van der Waals surface area contributed by atoms with Crippen molar-refractivity contribution in [2.75, 3.05) is 7.11 Å². The smallest absolute Gasteiger partial charge is 0.166 e. The minimum absolute atomic E-state index is 0.223. The number of ether oxygens (including phenoxy) is 1. The van der Waals surface area contributed by atoms with E-state index in [0.29, 0.717) is 12.2 Å². The molecule has 0 N–H and O–H groups in total. The highest BCUT2D eigenvalue weighted by Crippen LogP contribution is 2.29. The normalized spacial score (nSPS) is 16.3. The Kier molecular flexibility index (Phi) is 5.67. The van der Waals surface area contributed by atoms with Crippen molar-refractivity contribution >= 4 is 28.4 Å². The topological polar surface area (TPSA) is 26.3 Å². The molecule has 1 fully saturated rings. The summed E-state index contributed by atoms with van der Waals surface area (Å²) in [6, 6.07) is 5.79. The molecule has 0 heterocycles. The number of hydrogen-bond acceptors (Lipinski definition) is 2. The van der Waals surface area contributed by atoms with Gasteiger partial charge in [0.25, 0.3) is 0 Å². The van der Waals surface area contributed by atoms with Gasteiger partial charge in [-0.05, 0) is 53.1 Å². The van der Waals surface area contributed by atoms with Gasteiger partial charge in [-0.1, -0.05) is 32.1 Å². The summed E-state index contributed by atoms with van der Waals surface area (Å²) in [5, 5.41) is 0. The number of rotatable bonds is 5. The molecule has 104 valence electrons. The summed E-state index contributed by atoms with van der Waals surface area (Å²) < 4.78 is 6.37. The summed E-state index contributed by atoms with van der Waals surface area (Å²) in [4.78, 5) is 12.3. The fourth-order valence-corrected chi connectivity index (χ4v) is 3.34. The van der Waals surface area contributed by atoms with Crippen LogP contribution in [0.1, 0.15) is 55.3 Å². The molecule has 0 unspecified atom stereocenters. The summed E-state index contributed by atoms with van der Waals surface area (Å²) in [6.07, 6.45) is 8.34. The number of ketones is 1. The summed E-state index contributed by atoms with van der Waals surface area (Å²) in [5.41, 5.74) is 0.741. The van der Waals surface area contributed by atoms with Gasteiger partial charge in [0, 0.05) is 9.99 Å². The van der Waals surface area contributed by atoms with E-state index in [9.17, 15) is 4.79 Å².